The maximum atomic E-state index is 14.5. The highest BCUT2D eigenvalue weighted by atomic mass is 35.5. The van der Waals surface area contributed by atoms with Crippen molar-refractivity contribution >= 4 is 62.0 Å². The number of carbonyl (C=O) groups is 3. The minimum atomic E-state index is -4.28. The lowest BCUT2D eigenvalue weighted by Crippen LogP contribution is -2.37. The van der Waals surface area contributed by atoms with Gasteiger partial charge in [-0.2, -0.15) is 14.7 Å². The van der Waals surface area contributed by atoms with Gasteiger partial charge in [-0.25, -0.2) is 17.8 Å². The van der Waals surface area contributed by atoms with Gasteiger partial charge < -0.3 is 9.80 Å². The van der Waals surface area contributed by atoms with Crippen LogP contribution in [0.2, 0.25) is 5.02 Å². The molecule has 3 amide bonds. The zero-order chi connectivity index (χ0) is 41.6. The maximum Gasteiger partial charge on any atom is 0.373 e. The van der Waals surface area contributed by atoms with Crippen molar-refractivity contribution in [3.63, 3.8) is 0 Å². The van der Waals surface area contributed by atoms with Gasteiger partial charge in [-0.15, -0.1) is 0 Å². The fourth-order valence-corrected chi connectivity index (χ4v) is 8.03. The second-order valence-corrected chi connectivity index (χ2v) is 15.9. The molecule has 0 bridgehead atoms. The average molecular weight is 818 g/mol. The first-order valence-corrected chi connectivity index (χ1v) is 20.4. The summed E-state index contributed by atoms with van der Waals surface area (Å²) >= 11 is 6.88. The molecule has 1 aliphatic heterocycles. The van der Waals surface area contributed by atoms with E-state index in [0.717, 1.165) is 34.9 Å². The Morgan fingerprint density at radius 1 is 0.862 bits per heavy atom. The van der Waals surface area contributed by atoms with Crippen LogP contribution >= 0.6 is 11.6 Å². The van der Waals surface area contributed by atoms with E-state index in [9.17, 15) is 22.8 Å². The number of halogens is 1. The first-order valence-electron chi connectivity index (χ1n) is 18.6. The molecule has 0 spiro atoms. The molecule has 296 valence electrons. The summed E-state index contributed by atoms with van der Waals surface area (Å²) in [6.07, 6.45) is 2.51. The van der Waals surface area contributed by atoms with Gasteiger partial charge in [0.15, 0.2) is 5.69 Å². The first kappa shape index (κ1) is 41.2. The summed E-state index contributed by atoms with van der Waals surface area (Å²) in [5.41, 5.74) is 4.69. The molecule has 0 saturated heterocycles. The third-order valence-corrected chi connectivity index (χ3v) is 11.7. The van der Waals surface area contributed by atoms with E-state index < -0.39 is 15.9 Å². The Morgan fingerprint density at radius 2 is 1.53 bits per heavy atom. The number of benzene rings is 5. The Bertz CT molecular complexity index is 2670. The average Bonchev–Trinajstić information content (AvgIpc) is 3.53. The summed E-state index contributed by atoms with van der Waals surface area (Å²) in [6.45, 7) is 6.94. The van der Waals surface area contributed by atoms with E-state index in [1.807, 2.05) is 74.5 Å². The zero-order valence-corrected chi connectivity index (χ0v) is 33.6. The standard InChI is InChI=1S/C43H40ClN5O5S.CO2/c1-4-5-23-48(35-18-14-28(2)15-19-35)43(52)40-39(44)29(3)49(45-40)38-21-17-33(26-37(38)42(51)47-24-22-31-11-7-9-13-34(31)27-47)41(50)46-55(53,54)36-20-16-30-10-6-8-12-32(30)25-36;2-1-3/h6-21,25-26H,4-5,22-24,27H2,1-3H3,(H,46,50);. The zero-order valence-electron chi connectivity index (χ0n) is 32.1. The predicted molar refractivity (Wildman–Crippen MR) is 220 cm³/mol. The number of aromatic nitrogens is 2. The van der Waals surface area contributed by atoms with E-state index in [-0.39, 0.29) is 50.4 Å². The van der Waals surface area contributed by atoms with E-state index in [2.05, 4.69) is 4.72 Å². The maximum absolute atomic E-state index is 14.5. The predicted octanol–water partition coefficient (Wildman–Crippen LogP) is 7.48. The molecule has 0 saturated carbocycles. The summed E-state index contributed by atoms with van der Waals surface area (Å²) in [4.78, 5) is 61.9. The van der Waals surface area contributed by atoms with Crippen LogP contribution in [0.4, 0.5) is 5.69 Å². The van der Waals surface area contributed by atoms with E-state index >= 15 is 0 Å². The van der Waals surface area contributed by atoms with Gasteiger partial charge in [0.05, 0.1) is 26.9 Å². The number of carbonyl (C=O) groups excluding carboxylic acids is 5. The van der Waals surface area contributed by atoms with Crippen molar-refractivity contribution in [2.24, 2.45) is 0 Å². The van der Waals surface area contributed by atoms with Crippen molar-refractivity contribution in [3.8, 4) is 5.69 Å². The lowest BCUT2D eigenvalue weighted by atomic mass is 9.98. The first-order chi connectivity index (χ1) is 27.9. The fraction of sp³-hybridized carbons (Fsp3) is 0.205. The molecule has 0 unspecified atom stereocenters. The number of unbranched alkanes of at least 4 members (excludes halogenated alkanes) is 1. The molecular formula is C44H40ClN5O7S. The Balaban J connectivity index is 0.00000183. The van der Waals surface area contributed by atoms with Crippen LogP contribution in [0.3, 0.4) is 0 Å². The monoisotopic (exact) mass is 817 g/mol. The van der Waals surface area contributed by atoms with Crippen molar-refractivity contribution < 1.29 is 32.4 Å². The Hall–Kier alpha value is -6.40. The van der Waals surface area contributed by atoms with Gasteiger partial charge in [0.1, 0.15) is 0 Å². The number of hydrogen-bond donors (Lipinski definition) is 1. The lowest BCUT2D eigenvalue weighted by Gasteiger charge is -2.29. The highest BCUT2D eigenvalue weighted by Gasteiger charge is 2.30. The number of nitrogens with one attached hydrogen (secondary N) is 1. The van der Waals surface area contributed by atoms with Crippen LogP contribution in [0.5, 0.6) is 0 Å². The van der Waals surface area contributed by atoms with Crippen molar-refractivity contribution in [1.82, 2.24) is 19.4 Å². The molecule has 2 heterocycles. The third-order valence-electron chi connectivity index (χ3n) is 9.97. The molecule has 0 aliphatic carbocycles. The highest BCUT2D eigenvalue weighted by Crippen LogP contribution is 2.30. The number of hydrogen-bond acceptors (Lipinski definition) is 8. The molecule has 1 aliphatic rings. The Morgan fingerprint density at radius 3 is 2.24 bits per heavy atom. The number of nitrogens with zero attached hydrogens (tertiary/aromatic N) is 4. The Kier molecular flexibility index (Phi) is 12.7. The van der Waals surface area contributed by atoms with Gasteiger partial charge in [0.25, 0.3) is 27.7 Å². The molecular weight excluding hydrogens is 778 g/mol. The largest absolute Gasteiger partial charge is 0.373 e. The number of sulfonamides is 1. The summed E-state index contributed by atoms with van der Waals surface area (Å²) in [6, 6.07) is 31.8. The molecule has 6 aromatic rings. The van der Waals surface area contributed by atoms with Crippen molar-refractivity contribution in [2.45, 2.75) is 51.5 Å². The smallest absolute Gasteiger partial charge is 0.334 e. The van der Waals surface area contributed by atoms with E-state index in [1.54, 1.807) is 34.9 Å². The van der Waals surface area contributed by atoms with E-state index in [4.69, 9.17) is 26.3 Å². The second-order valence-electron chi connectivity index (χ2n) is 13.8. The third kappa shape index (κ3) is 8.77. The molecule has 0 atom stereocenters. The normalized spacial score (nSPS) is 12.2. The van der Waals surface area contributed by atoms with Crippen LogP contribution < -0.4 is 9.62 Å². The fourth-order valence-electron chi connectivity index (χ4n) is 6.82. The van der Waals surface area contributed by atoms with Gasteiger partial charge in [-0.05, 0) is 91.1 Å². The van der Waals surface area contributed by atoms with Crippen LogP contribution in [0.15, 0.2) is 114 Å². The molecule has 12 nitrogen and oxygen atoms in total. The van der Waals surface area contributed by atoms with Crippen LogP contribution in [-0.4, -0.2) is 60.1 Å². The summed E-state index contributed by atoms with van der Waals surface area (Å²) < 4.78 is 30.5. The van der Waals surface area contributed by atoms with E-state index in [1.165, 1.54) is 35.0 Å². The second kappa shape index (κ2) is 17.8. The Labute approximate surface area is 341 Å². The molecule has 58 heavy (non-hydrogen) atoms. The molecule has 5 aromatic carbocycles. The quantitative estimate of drug-likeness (QED) is 0.149. The van der Waals surface area contributed by atoms with Crippen LogP contribution in [0, 0.1) is 13.8 Å². The summed E-state index contributed by atoms with van der Waals surface area (Å²) in [7, 11) is -4.28. The number of aryl methyl sites for hydroxylation is 1. The molecule has 14 heteroatoms. The van der Waals surface area contributed by atoms with Gasteiger partial charge in [0.2, 0.25) is 0 Å². The van der Waals surface area contributed by atoms with Crippen LogP contribution in [0.25, 0.3) is 16.5 Å². The minimum absolute atomic E-state index is 0.0180. The molecule has 0 fully saturated rings. The molecule has 7 rings (SSSR count). The molecule has 0 radical (unpaired) electrons. The topological polar surface area (TPSA) is 156 Å². The van der Waals surface area contributed by atoms with Crippen LogP contribution in [0.1, 0.15) is 73.4 Å². The number of rotatable bonds is 10. The van der Waals surface area contributed by atoms with Gasteiger partial charge >= 0.3 is 6.15 Å². The van der Waals surface area contributed by atoms with Gasteiger partial charge in [-0.1, -0.05) is 97.2 Å². The van der Waals surface area contributed by atoms with Crippen molar-refractivity contribution in [1.29, 1.82) is 0 Å². The van der Waals surface area contributed by atoms with Crippen LogP contribution in [-0.2, 0) is 32.6 Å². The SMILES string of the molecule is CCCCN(C(=O)c1nn(-c2ccc(C(=O)NS(=O)(=O)c3ccc4ccccc4c3)cc2C(=O)N2CCc3ccccc3C2)c(C)c1Cl)c1ccc(C)cc1.O=C=O. The van der Waals surface area contributed by atoms with Crippen molar-refractivity contribution in [3.05, 3.63) is 153 Å². The summed E-state index contributed by atoms with van der Waals surface area (Å²) in [5.74, 6) is -1.69. The molecule has 1 aromatic heterocycles. The molecule has 1 N–H and O–H groups in total. The number of fused-ring (bicyclic) bond motifs is 2. The lowest BCUT2D eigenvalue weighted by molar-refractivity contribution is -0.191. The van der Waals surface area contributed by atoms with Crippen molar-refractivity contribution in [2.75, 3.05) is 18.0 Å². The minimum Gasteiger partial charge on any atom is -0.334 e. The van der Waals surface area contributed by atoms with E-state index in [0.29, 0.717) is 42.8 Å². The van der Waals surface area contributed by atoms with Gasteiger partial charge in [-0.3, -0.25) is 14.4 Å². The summed E-state index contributed by atoms with van der Waals surface area (Å²) in [5, 5.41) is 6.39. The number of amides is 3. The van der Waals surface area contributed by atoms with Gasteiger partial charge in [0, 0.05) is 30.9 Å². The highest BCUT2D eigenvalue weighted by molar-refractivity contribution is 7.90. The number of anilines is 1.